The fourth-order valence-electron chi connectivity index (χ4n) is 1.60. The van der Waals surface area contributed by atoms with Gasteiger partial charge in [0.2, 0.25) is 0 Å². The smallest absolute Gasteiger partial charge is 0.303 e. The SMILES string of the molecule is CC(=O)O[C@@H]1[C@H](O)[C@@H](OC(C)=O)CO[C@H]1C. The second kappa shape index (κ2) is 5.27. The molecule has 0 aromatic rings. The van der Waals surface area contributed by atoms with Gasteiger partial charge in [0.05, 0.1) is 12.7 Å². The second-order valence-electron chi connectivity index (χ2n) is 3.75. The van der Waals surface area contributed by atoms with Crippen molar-refractivity contribution in [3.05, 3.63) is 0 Å². The number of aliphatic hydroxyl groups excluding tert-OH is 1. The van der Waals surface area contributed by atoms with Crippen LogP contribution in [0.25, 0.3) is 0 Å². The minimum Gasteiger partial charge on any atom is -0.457 e. The second-order valence-corrected chi connectivity index (χ2v) is 3.75. The van der Waals surface area contributed by atoms with Crippen LogP contribution >= 0.6 is 0 Å². The molecule has 6 nitrogen and oxygen atoms in total. The predicted molar refractivity (Wildman–Crippen MR) is 52.5 cm³/mol. The number of rotatable bonds is 2. The Kier molecular flexibility index (Phi) is 4.26. The molecule has 0 amide bonds. The molecule has 1 aliphatic heterocycles. The van der Waals surface area contributed by atoms with E-state index in [4.69, 9.17) is 14.2 Å². The summed E-state index contributed by atoms with van der Waals surface area (Å²) in [6, 6.07) is 0. The van der Waals surface area contributed by atoms with Crippen molar-refractivity contribution >= 4 is 11.9 Å². The van der Waals surface area contributed by atoms with Gasteiger partial charge in [-0.15, -0.1) is 0 Å². The maximum absolute atomic E-state index is 10.8. The molecule has 0 unspecified atom stereocenters. The zero-order valence-corrected chi connectivity index (χ0v) is 9.50. The van der Waals surface area contributed by atoms with Gasteiger partial charge in [0, 0.05) is 13.8 Å². The third-order valence-corrected chi connectivity index (χ3v) is 2.32. The highest BCUT2D eigenvalue weighted by Crippen LogP contribution is 2.20. The van der Waals surface area contributed by atoms with Crippen LogP contribution in [-0.2, 0) is 23.8 Å². The van der Waals surface area contributed by atoms with Crippen molar-refractivity contribution in [1.29, 1.82) is 0 Å². The van der Waals surface area contributed by atoms with E-state index < -0.39 is 36.4 Å². The third kappa shape index (κ3) is 3.18. The van der Waals surface area contributed by atoms with Gasteiger partial charge in [-0.05, 0) is 6.92 Å². The molecule has 1 aliphatic rings. The summed E-state index contributed by atoms with van der Waals surface area (Å²) < 4.78 is 15.0. The zero-order valence-electron chi connectivity index (χ0n) is 9.50. The molecule has 1 saturated heterocycles. The van der Waals surface area contributed by atoms with E-state index in [2.05, 4.69) is 0 Å². The van der Waals surface area contributed by atoms with Crippen LogP contribution in [0.5, 0.6) is 0 Å². The lowest BCUT2D eigenvalue weighted by Crippen LogP contribution is -2.54. The molecular weight excluding hydrogens is 216 g/mol. The molecule has 0 aliphatic carbocycles. The molecular formula is C10H16O6. The molecule has 6 heteroatoms. The molecule has 1 heterocycles. The van der Waals surface area contributed by atoms with Crippen molar-refractivity contribution in [3.8, 4) is 0 Å². The summed E-state index contributed by atoms with van der Waals surface area (Å²) in [5.74, 6) is -1.02. The Morgan fingerprint density at radius 1 is 1.25 bits per heavy atom. The summed E-state index contributed by atoms with van der Waals surface area (Å²) in [5.41, 5.74) is 0. The van der Waals surface area contributed by atoms with Crippen molar-refractivity contribution in [2.45, 2.75) is 45.2 Å². The van der Waals surface area contributed by atoms with Crippen LogP contribution < -0.4 is 0 Å². The fraction of sp³-hybridized carbons (Fsp3) is 0.800. The molecule has 0 bridgehead atoms. The molecule has 92 valence electrons. The van der Waals surface area contributed by atoms with E-state index in [1.165, 1.54) is 13.8 Å². The molecule has 0 aromatic carbocycles. The van der Waals surface area contributed by atoms with E-state index in [1.54, 1.807) is 6.92 Å². The molecule has 4 atom stereocenters. The van der Waals surface area contributed by atoms with Gasteiger partial charge in [0.1, 0.15) is 6.10 Å². The van der Waals surface area contributed by atoms with Crippen LogP contribution in [0.1, 0.15) is 20.8 Å². The first kappa shape index (κ1) is 12.9. The fourth-order valence-corrected chi connectivity index (χ4v) is 1.60. The molecule has 0 aromatic heterocycles. The third-order valence-electron chi connectivity index (χ3n) is 2.32. The van der Waals surface area contributed by atoms with E-state index in [9.17, 15) is 14.7 Å². The highest BCUT2D eigenvalue weighted by molar-refractivity contribution is 5.67. The van der Waals surface area contributed by atoms with Crippen LogP contribution in [-0.4, -0.2) is 48.1 Å². The standard InChI is InChI=1S/C10H16O6/c1-5-10(16-7(3)12)9(13)8(4-14-5)15-6(2)11/h5,8-10,13H,4H2,1-3H3/t5-,8-,9+,10-/m0/s1. The Hall–Kier alpha value is -1.14. The Bertz CT molecular complexity index is 276. The lowest BCUT2D eigenvalue weighted by molar-refractivity contribution is -0.212. The molecule has 1 rings (SSSR count). The van der Waals surface area contributed by atoms with Gasteiger partial charge in [-0.2, -0.15) is 0 Å². The normalized spacial score (nSPS) is 34.2. The number of hydrogen-bond acceptors (Lipinski definition) is 6. The average molecular weight is 232 g/mol. The zero-order chi connectivity index (χ0) is 12.3. The van der Waals surface area contributed by atoms with Crippen molar-refractivity contribution in [3.63, 3.8) is 0 Å². The monoisotopic (exact) mass is 232 g/mol. The van der Waals surface area contributed by atoms with Crippen molar-refractivity contribution in [1.82, 2.24) is 0 Å². The first-order valence-corrected chi connectivity index (χ1v) is 5.06. The molecule has 16 heavy (non-hydrogen) atoms. The Morgan fingerprint density at radius 3 is 2.31 bits per heavy atom. The van der Waals surface area contributed by atoms with Crippen molar-refractivity contribution in [2.24, 2.45) is 0 Å². The predicted octanol–water partition coefficient (Wildman–Crippen LogP) is -0.371. The summed E-state index contributed by atoms with van der Waals surface area (Å²) in [4.78, 5) is 21.6. The van der Waals surface area contributed by atoms with E-state index in [0.29, 0.717) is 0 Å². The molecule has 0 spiro atoms. The summed E-state index contributed by atoms with van der Waals surface area (Å²) >= 11 is 0. The van der Waals surface area contributed by atoms with Crippen LogP contribution in [0.4, 0.5) is 0 Å². The van der Waals surface area contributed by atoms with E-state index in [-0.39, 0.29) is 6.61 Å². The van der Waals surface area contributed by atoms with E-state index in [1.807, 2.05) is 0 Å². The maximum Gasteiger partial charge on any atom is 0.303 e. The van der Waals surface area contributed by atoms with Gasteiger partial charge < -0.3 is 19.3 Å². The number of esters is 2. The Labute approximate surface area is 93.5 Å². The largest absolute Gasteiger partial charge is 0.457 e. The van der Waals surface area contributed by atoms with Gasteiger partial charge >= 0.3 is 11.9 Å². The number of carbonyl (C=O) groups excluding carboxylic acids is 2. The van der Waals surface area contributed by atoms with E-state index >= 15 is 0 Å². The van der Waals surface area contributed by atoms with Crippen LogP contribution in [0.15, 0.2) is 0 Å². The van der Waals surface area contributed by atoms with E-state index in [0.717, 1.165) is 0 Å². The minimum atomic E-state index is -1.06. The number of hydrogen-bond donors (Lipinski definition) is 1. The summed E-state index contributed by atoms with van der Waals surface area (Å²) in [6.45, 7) is 4.26. The maximum atomic E-state index is 10.8. The highest BCUT2D eigenvalue weighted by atomic mass is 16.6. The van der Waals surface area contributed by atoms with Gasteiger partial charge in [-0.3, -0.25) is 9.59 Å². The Morgan fingerprint density at radius 2 is 1.81 bits per heavy atom. The summed E-state index contributed by atoms with van der Waals surface area (Å²) in [6.07, 6.45) is -3.09. The topological polar surface area (TPSA) is 82.1 Å². The van der Waals surface area contributed by atoms with Crippen LogP contribution in [0.3, 0.4) is 0 Å². The van der Waals surface area contributed by atoms with Crippen molar-refractivity contribution < 1.29 is 28.9 Å². The molecule has 1 fully saturated rings. The Balaban J connectivity index is 2.66. The van der Waals surface area contributed by atoms with Gasteiger partial charge in [0.25, 0.3) is 0 Å². The van der Waals surface area contributed by atoms with Crippen LogP contribution in [0, 0.1) is 0 Å². The van der Waals surface area contributed by atoms with Crippen LogP contribution in [0.2, 0.25) is 0 Å². The quantitative estimate of drug-likeness (QED) is 0.654. The van der Waals surface area contributed by atoms with Crippen molar-refractivity contribution in [2.75, 3.05) is 6.61 Å². The van der Waals surface area contributed by atoms with Gasteiger partial charge in [-0.25, -0.2) is 0 Å². The first-order valence-electron chi connectivity index (χ1n) is 5.06. The molecule has 0 saturated carbocycles. The lowest BCUT2D eigenvalue weighted by Gasteiger charge is -2.37. The highest BCUT2D eigenvalue weighted by Gasteiger charge is 2.41. The average Bonchev–Trinajstić information content (AvgIpc) is 2.16. The number of aliphatic hydroxyl groups is 1. The number of carbonyl (C=O) groups is 2. The lowest BCUT2D eigenvalue weighted by atomic mass is 10.0. The van der Waals surface area contributed by atoms with Gasteiger partial charge in [0.15, 0.2) is 12.2 Å². The number of ether oxygens (including phenoxy) is 3. The summed E-state index contributed by atoms with van der Waals surface area (Å²) in [5, 5.41) is 9.86. The summed E-state index contributed by atoms with van der Waals surface area (Å²) in [7, 11) is 0. The van der Waals surface area contributed by atoms with Gasteiger partial charge in [-0.1, -0.05) is 0 Å². The molecule has 1 N–H and O–H groups in total. The minimum absolute atomic E-state index is 0.0969. The first-order chi connectivity index (χ1) is 7.41. The molecule has 0 radical (unpaired) electrons.